The Hall–Kier alpha value is -2.38. The molecule has 1 aliphatic heterocycles. The Kier molecular flexibility index (Phi) is 5.61. The van der Waals surface area contributed by atoms with E-state index in [4.69, 9.17) is 4.74 Å². The van der Waals surface area contributed by atoms with Gasteiger partial charge in [0.1, 0.15) is 5.75 Å². The molecular weight excluding hydrogens is 388 g/mol. The van der Waals surface area contributed by atoms with Gasteiger partial charge in [0.15, 0.2) is 0 Å². The second-order valence-electron chi connectivity index (χ2n) is 7.53. The van der Waals surface area contributed by atoms with Gasteiger partial charge in [-0.25, -0.2) is 13.1 Å². The first kappa shape index (κ1) is 19.9. The third-order valence-electron chi connectivity index (χ3n) is 5.60. The molecule has 1 N–H and O–H groups in total. The standard InChI is InChI=1S/C22H26N2O4S/c1-2-28-21-10-6-5-9-19(21)22(25)24-14-13-16-15-18(11-12-20(16)24)29(26,27)23-17-7-3-4-8-17/h5-6,9-12,15,17,23H,2-4,7-8,13-14H2,1H3. The van der Waals surface area contributed by atoms with Gasteiger partial charge in [0.2, 0.25) is 10.0 Å². The van der Waals surface area contributed by atoms with Gasteiger partial charge in [-0.1, -0.05) is 25.0 Å². The van der Waals surface area contributed by atoms with Gasteiger partial charge in [-0.2, -0.15) is 0 Å². The van der Waals surface area contributed by atoms with Crippen molar-refractivity contribution in [3.8, 4) is 5.75 Å². The molecule has 1 amide bonds. The molecule has 1 saturated carbocycles. The Morgan fingerprint density at radius 1 is 1.17 bits per heavy atom. The number of anilines is 1. The van der Waals surface area contributed by atoms with Gasteiger partial charge < -0.3 is 9.64 Å². The number of fused-ring (bicyclic) bond motifs is 1. The van der Waals surface area contributed by atoms with Gasteiger partial charge in [-0.3, -0.25) is 4.79 Å². The number of hydrogen-bond acceptors (Lipinski definition) is 4. The molecule has 1 aliphatic carbocycles. The first-order valence-electron chi connectivity index (χ1n) is 10.2. The Morgan fingerprint density at radius 3 is 2.69 bits per heavy atom. The minimum absolute atomic E-state index is 0.0291. The van der Waals surface area contributed by atoms with Crippen LogP contribution in [0.2, 0.25) is 0 Å². The molecule has 2 aliphatic rings. The Labute approximate surface area is 171 Å². The van der Waals surface area contributed by atoms with Crippen LogP contribution in [0.25, 0.3) is 0 Å². The Morgan fingerprint density at radius 2 is 1.93 bits per heavy atom. The van der Waals surface area contributed by atoms with Crippen molar-refractivity contribution in [2.24, 2.45) is 0 Å². The lowest BCUT2D eigenvalue weighted by Crippen LogP contribution is -2.32. The van der Waals surface area contributed by atoms with E-state index in [-0.39, 0.29) is 16.8 Å². The van der Waals surface area contributed by atoms with Crippen LogP contribution in [0.4, 0.5) is 5.69 Å². The van der Waals surface area contributed by atoms with E-state index in [0.717, 1.165) is 36.9 Å². The molecule has 1 heterocycles. The summed E-state index contributed by atoms with van der Waals surface area (Å²) in [7, 11) is -3.54. The van der Waals surface area contributed by atoms with Crippen molar-refractivity contribution in [3.63, 3.8) is 0 Å². The lowest BCUT2D eigenvalue weighted by atomic mass is 10.1. The lowest BCUT2D eigenvalue weighted by Gasteiger charge is -2.19. The van der Waals surface area contributed by atoms with E-state index in [2.05, 4.69) is 4.72 Å². The number of carbonyl (C=O) groups excluding carboxylic acids is 1. The van der Waals surface area contributed by atoms with Crippen molar-refractivity contribution in [2.45, 2.75) is 50.0 Å². The number of nitrogens with zero attached hydrogens (tertiary/aromatic N) is 1. The van der Waals surface area contributed by atoms with Crippen LogP contribution in [0, 0.1) is 0 Å². The fourth-order valence-electron chi connectivity index (χ4n) is 4.16. The molecule has 154 valence electrons. The summed E-state index contributed by atoms with van der Waals surface area (Å²) in [5.41, 5.74) is 2.16. The monoisotopic (exact) mass is 414 g/mol. The molecule has 0 aromatic heterocycles. The van der Waals surface area contributed by atoms with Crippen molar-refractivity contribution in [1.82, 2.24) is 4.72 Å². The van der Waals surface area contributed by atoms with E-state index >= 15 is 0 Å². The van der Waals surface area contributed by atoms with Crippen LogP contribution >= 0.6 is 0 Å². The van der Waals surface area contributed by atoms with E-state index in [1.54, 1.807) is 35.2 Å². The van der Waals surface area contributed by atoms with Gasteiger partial charge >= 0.3 is 0 Å². The molecule has 0 bridgehead atoms. The third kappa shape index (κ3) is 4.02. The number of para-hydroxylation sites is 1. The first-order chi connectivity index (χ1) is 14.0. The van der Waals surface area contributed by atoms with E-state index in [1.807, 2.05) is 19.1 Å². The van der Waals surface area contributed by atoms with Crippen molar-refractivity contribution >= 4 is 21.6 Å². The number of amides is 1. The topological polar surface area (TPSA) is 75.7 Å². The van der Waals surface area contributed by atoms with E-state index in [9.17, 15) is 13.2 Å². The average molecular weight is 415 g/mol. The number of rotatable bonds is 6. The molecule has 2 aromatic carbocycles. The summed E-state index contributed by atoms with van der Waals surface area (Å²) in [4.78, 5) is 15.1. The predicted molar refractivity (Wildman–Crippen MR) is 112 cm³/mol. The molecule has 0 unspecified atom stereocenters. The van der Waals surface area contributed by atoms with Crippen LogP contribution in [0.3, 0.4) is 0 Å². The molecule has 7 heteroatoms. The van der Waals surface area contributed by atoms with Gasteiger partial charge in [-0.05, 0) is 62.1 Å². The zero-order valence-electron chi connectivity index (χ0n) is 16.6. The molecule has 6 nitrogen and oxygen atoms in total. The molecule has 0 radical (unpaired) electrons. The maximum atomic E-state index is 13.1. The van der Waals surface area contributed by atoms with Gasteiger partial charge in [-0.15, -0.1) is 0 Å². The molecule has 0 spiro atoms. The summed E-state index contributed by atoms with van der Waals surface area (Å²) in [6.45, 7) is 2.89. The van der Waals surface area contributed by atoms with Crippen LogP contribution in [0.1, 0.15) is 48.5 Å². The maximum absolute atomic E-state index is 13.1. The SMILES string of the molecule is CCOc1ccccc1C(=O)N1CCc2cc(S(=O)(=O)NC3CCCC3)ccc21. The predicted octanol–water partition coefficient (Wildman–Crippen LogP) is 3.51. The highest BCUT2D eigenvalue weighted by Crippen LogP contribution is 2.33. The normalized spacial score (nSPS) is 16.8. The summed E-state index contributed by atoms with van der Waals surface area (Å²) in [6.07, 6.45) is 4.55. The van der Waals surface area contributed by atoms with Gasteiger partial charge in [0.25, 0.3) is 5.91 Å². The van der Waals surface area contributed by atoms with Crippen LogP contribution in [0.15, 0.2) is 47.4 Å². The number of nitrogens with one attached hydrogen (secondary N) is 1. The smallest absolute Gasteiger partial charge is 0.262 e. The number of hydrogen-bond donors (Lipinski definition) is 1. The summed E-state index contributed by atoms with van der Waals surface area (Å²) in [5, 5.41) is 0. The van der Waals surface area contributed by atoms with E-state index in [0.29, 0.717) is 30.9 Å². The summed E-state index contributed by atoms with van der Waals surface area (Å²) in [6, 6.07) is 12.3. The minimum Gasteiger partial charge on any atom is -0.493 e. The maximum Gasteiger partial charge on any atom is 0.262 e. The highest BCUT2D eigenvalue weighted by atomic mass is 32.2. The van der Waals surface area contributed by atoms with Crippen molar-refractivity contribution in [3.05, 3.63) is 53.6 Å². The summed E-state index contributed by atoms with van der Waals surface area (Å²) < 4.78 is 33.9. The zero-order valence-corrected chi connectivity index (χ0v) is 17.4. The molecule has 4 rings (SSSR count). The fourth-order valence-corrected chi connectivity index (χ4v) is 5.51. The largest absolute Gasteiger partial charge is 0.493 e. The third-order valence-corrected chi connectivity index (χ3v) is 7.11. The quantitative estimate of drug-likeness (QED) is 0.785. The summed E-state index contributed by atoms with van der Waals surface area (Å²) >= 11 is 0. The first-order valence-corrected chi connectivity index (χ1v) is 11.7. The minimum atomic E-state index is -3.54. The highest BCUT2D eigenvalue weighted by molar-refractivity contribution is 7.89. The highest BCUT2D eigenvalue weighted by Gasteiger charge is 2.29. The average Bonchev–Trinajstić information content (AvgIpc) is 3.37. The molecule has 29 heavy (non-hydrogen) atoms. The van der Waals surface area contributed by atoms with E-state index in [1.165, 1.54) is 0 Å². The second-order valence-corrected chi connectivity index (χ2v) is 9.24. The van der Waals surface area contributed by atoms with E-state index < -0.39 is 10.0 Å². The van der Waals surface area contributed by atoms with Crippen LogP contribution in [0.5, 0.6) is 5.75 Å². The van der Waals surface area contributed by atoms with Gasteiger partial charge in [0.05, 0.1) is 17.1 Å². The summed E-state index contributed by atoms with van der Waals surface area (Å²) in [5.74, 6) is 0.431. The molecule has 0 atom stereocenters. The lowest BCUT2D eigenvalue weighted by molar-refractivity contribution is 0.0985. The van der Waals surface area contributed by atoms with Crippen molar-refractivity contribution in [1.29, 1.82) is 0 Å². The fraction of sp³-hybridized carbons (Fsp3) is 0.409. The Balaban J connectivity index is 1.58. The van der Waals surface area contributed by atoms with Gasteiger partial charge in [0, 0.05) is 18.3 Å². The number of ether oxygens (including phenoxy) is 1. The number of carbonyl (C=O) groups is 1. The molecule has 0 saturated heterocycles. The molecule has 2 aromatic rings. The zero-order chi connectivity index (χ0) is 20.4. The van der Waals surface area contributed by atoms with Crippen molar-refractivity contribution < 1.29 is 17.9 Å². The van der Waals surface area contributed by atoms with Crippen LogP contribution < -0.4 is 14.4 Å². The second kappa shape index (κ2) is 8.16. The number of benzene rings is 2. The molecule has 1 fully saturated rings. The van der Waals surface area contributed by atoms with Crippen LogP contribution in [-0.2, 0) is 16.4 Å². The van der Waals surface area contributed by atoms with Crippen LogP contribution in [-0.4, -0.2) is 33.5 Å². The number of sulfonamides is 1. The molecular formula is C22H26N2O4S. The van der Waals surface area contributed by atoms with Crippen molar-refractivity contribution in [2.75, 3.05) is 18.1 Å². The Bertz CT molecular complexity index is 1010.